The number of nitrogens with zero attached hydrogens (tertiary/aromatic N) is 2. The van der Waals surface area contributed by atoms with Gasteiger partial charge in [-0.25, -0.2) is 9.97 Å². The van der Waals surface area contributed by atoms with Crippen LogP contribution >= 0.6 is 0 Å². The first-order valence-electron chi connectivity index (χ1n) is 8.74. The lowest BCUT2D eigenvalue weighted by Crippen LogP contribution is -2.31. The Bertz CT molecular complexity index is 1200. The molecule has 4 aromatic rings. The third kappa shape index (κ3) is 2.71. The fraction of sp³-hybridized carbons (Fsp3) is 0.0952. The van der Waals surface area contributed by atoms with Gasteiger partial charge in [0.25, 0.3) is 5.91 Å². The summed E-state index contributed by atoms with van der Waals surface area (Å²) in [7, 11) is 0. The minimum Gasteiger partial charge on any atom is -0.508 e. The van der Waals surface area contributed by atoms with Crippen LogP contribution in [0.15, 0.2) is 54.7 Å². The molecule has 0 aliphatic carbocycles. The van der Waals surface area contributed by atoms with Crippen molar-refractivity contribution in [1.29, 1.82) is 0 Å². The van der Waals surface area contributed by atoms with E-state index in [-0.39, 0.29) is 11.7 Å². The predicted molar refractivity (Wildman–Crippen MR) is 102 cm³/mol. The summed E-state index contributed by atoms with van der Waals surface area (Å²) in [6.07, 6.45) is 2.51. The number of fused-ring (bicyclic) bond motifs is 2. The number of carbonyl (C=O) groups is 1. The lowest BCUT2D eigenvalue weighted by molar-refractivity contribution is 0.0946. The molecule has 5 rings (SSSR count). The minimum absolute atomic E-state index is 0.0502. The topological polar surface area (TPSA) is 90.9 Å². The Morgan fingerprint density at radius 2 is 1.85 bits per heavy atom. The Labute approximate surface area is 154 Å². The molecule has 132 valence electrons. The summed E-state index contributed by atoms with van der Waals surface area (Å²) in [5, 5.41) is 14.4. The number of hydrogen-bond donors (Lipinski definition) is 3. The highest BCUT2D eigenvalue weighted by Gasteiger charge is 2.20. The summed E-state index contributed by atoms with van der Waals surface area (Å²) in [6, 6.07) is 14.8. The molecule has 27 heavy (non-hydrogen) atoms. The van der Waals surface area contributed by atoms with E-state index in [1.165, 1.54) is 0 Å². The number of amides is 1. The van der Waals surface area contributed by atoms with Crippen LogP contribution in [0.25, 0.3) is 33.5 Å². The summed E-state index contributed by atoms with van der Waals surface area (Å²) < 4.78 is 0. The highest BCUT2D eigenvalue weighted by molar-refractivity contribution is 5.97. The summed E-state index contributed by atoms with van der Waals surface area (Å²) in [5.74, 6) is 0.804. The maximum Gasteiger partial charge on any atom is 0.253 e. The Kier molecular flexibility index (Phi) is 3.43. The lowest BCUT2D eigenvalue weighted by Gasteiger charge is -2.10. The molecular formula is C21H16N4O2. The van der Waals surface area contributed by atoms with Crippen molar-refractivity contribution in [1.82, 2.24) is 20.3 Å². The number of nitrogens with one attached hydrogen (secondary N) is 2. The molecule has 0 saturated heterocycles. The molecule has 2 aromatic carbocycles. The van der Waals surface area contributed by atoms with Crippen molar-refractivity contribution < 1.29 is 9.90 Å². The quantitative estimate of drug-likeness (QED) is 0.514. The number of carbonyl (C=O) groups excluding carboxylic acids is 1. The third-order valence-corrected chi connectivity index (χ3v) is 4.82. The smallest absolute Gasteiger partial charge is 0.253 e. The number of hydrogen-bond acceptors (Lipinski definition) is 4. The van der Waals surface area contributed by atoms with E-state index in [4.69, 9.17) is 0 Å². The first kappa shape index (κ1) is 15.6. The third-order valence-electron chi connectivity index (χ3n) is 4.82. The molecule has 0 unspecified atom stereocenters. The van der Waals surface area contributed by atoms with Crippen LogP contribution in [-0.2, 0) is 6.42 Å². The molecule has 1 aliphatic rings. The van der Waals surface area contributed by atoms with Crippen molar-refractivity contribution in [2.75, 3.05) is 6.54 Å². The molecule has 3 N–H and O–H groups in total. The summed E-state index contributed by atoms with van der Waals surface area (Å²) in [5.41, 5.74) is 4.07. The van der Waals surface area contributed by atoms with Crippen LogP contribution in [0.1, 0.15) is 16.1 Å². The van der Waals surface area contributed by atoms with Gasteiger partial charge in [-0.1, -0.05) is 18.2 Å². The van der Waals surface area contributed by atoms with Gasteiger partial charge in [0.15, 0.2) is 5.82 Å². The van der Waals surface area contributed by atoms with Gasteiger partial charge in [0.1, 0.15) is 5.75 Å². The second-order valence-electron chi connectivity index (χ2n) is 6.59. The number of phenolic OH excluding ortho intramolecular Hbond substituents is 1. The zero-order valence-corrected chi connectivity index (χ0v) is 14.4. The summed E-state index contributed by atoms with van der Waals surface area (Å²) >= 11 is 0. The lowest BCUT2D eigenvalue weighted by atomic mass is 10.1. The van der Waals surface area contributed by atoms with Crippen LogP contribution in [0, 0.1) is 0 Å². The second kappa shape index (κ2) is 5.95. The minimum atomic E-state index is -0.0502. The highest BCUT2D eigenvalue weighted by atomic mass is 16.3. The van der Waals surface area contributed by atoms with Gasteiger partial charge in [0.2, 0.25) is 0 Å². The number of aromatic hydroxyl groups is 1. The molecule has 0 radical (unpaired) electrons. The van der Waals surface area contributed by atoms with E-state index in [1.807, 2.05) is 36.4 Å². The fourth-order valence-corrected chi connectivity index (χ4v) is 3.45. The molecule has 0 atom stereocenters. The molecule has 3 heterocycles. The fourth-order valence-electron chi connectivity index (χ4n) is 3.45. The largest absolute Gasteiger partial charge is 0.508 e. The first-order valence-corrected chi connectivity index (χ1v) is 8.74. The molecule has 6 nitrogen and oxygen atoms in total. The van der Waals surface area contributed by atoms with Gasteiger partial charge >= 0.3 is 0 Å². The van der Waals surface area contributed by atoms with Crippen LogP contribution < -0.4 is 5.32 Å². The van der Waals surface area contributed by atoms with Crippen LogP contribution in [0.2, 0.25) is 0 Å². The van der Waals surface area contributed by atoms with Gasteiger partial charge in [0.05, 0.1) is 17.0 Å². The Morgan fingerprint density at radius 3 is 2.74 bits per heavy atom. The number of benzene rings is 2. The predicted octanol–water partition coefficient (Wildman–Crippen LogP) is 3.28. The maximum absolute atomic E-state index is 12.0. The van der Waals surface area contributed by atoms with E-state index in [9.17, 15) is 9.90 Å². The number of aromatic amines is 1. The SMILES string of the molecule is O=C1NCCc2[nH]c(-c3ccnc(-c4ccc5cc(O)ccc5c4)n3)cc21. The summed E-state index contributed by atoms with van der Waals surface area (Å²) in [6.45, 7) is 0.646. The molecule has 6 heteroatoms. The number of phenols is 1. The van der Waals surface area contributed by atoms with E-state index in [0.29, 0.717) is 17.9 Å². The van der Waals surface area contributed by atoms with E-state index < -0.39 is 0 Å². The Morgan fingerprint density at radius 1 is 1.00 bits per heavy atom. The van der Waals surface area contributed by atoms with Crippen molar-refractivity contribution >= 4 is 16.7 Å². The van der Waals surface area contributed by atoms with Crippen molar-refractivity contribution in [2.45, 2.75) is 6.42 Å². The number of rotatable bonds is 2. The normalized spacial score (nSPS) is 13.4. The number of H-pyrrole nitrogens is 1. The average molecular weight is 356 g/mol. The van der Waals surface area contributed by atoms with Gasteiger partial charge in [-0.05, 0) is 41.1 Å². The maximum atomic E-state index is 12.0. The first-order chi connectivity index (χ1) is 13.2. The zero-order valence-electron chi connectivity index (χ0n) is 14.4. The van der Waals surface area contributed by atoms with Crippen LogP contribution in [0.5, 0.6) is 5.75 Å². The van der Waals surface area contributed by atoms with Crippen LogP contribution in [0.4, 0.5) is 0 Å². The number of aromatic nitrogens is 3. The highest BCUT2D eigenvalue weighted by Crippen LogP contribution is 2.27. The Hall–Kier alpha value is -3.67. The molecule has 0 fully saturated rings. The second-order valence-corrected chi connectivity index (χ2v) is 6.59. The van der Waals surface area contributed by atoms with Crippen molar-refractivity contribution in [2.24, 2.45) is 0 Å². The van der Waals surface area contributed by atoms with Crippen LogP contribution in [0.3, 0.4) is 0 Å². The van der Waals surface area contributed by atoms with Gasteiger partial charge < -0.3 is 15.4 Å². The van der Waals surface area contributed by atoms with E-state index >= 15 is 0 Å². The van der Waals surface area contributed by atoms with Gasteiger partial charge in [0, 0.05) is 30.4 Å². The molecule has 2 aromatic heterocycles. The van der Waals surface area contributed by atoms with Crippen molar-refractivity contribution in [3.8, 4) is 28.5 Å². The molecular weight excluding hydrogens is 340 g/mol. The van der Waals surface area contributed by atoms with E-state index in [0.717, 1.165) is 39.8 Å². The average Bonchev–Trinajstić information content (AvgIpc) is 3.13. The summed E-state index contributed by atoms with van der Waals surface area (Å²) in [4.78, 5) is 24.4. The zero-order chi connectivity index (χ0) is 18.4. The standard InChI is InChI=1S/C21H16N4O2/c26-15-4-3-12-9-14(2-1-13(12)10-15)20-22-7-6-18(25-20)19-11-16-17(24-19)5-8-23-21(16)27/h1-4,6-7,9-11,24,26H,5,8H2,(H,23,27). The van der Waals surface area contributed by atoms with Crippen molar-refractivity contribution in [3.05, 3.63) is 66.0 Å². The van der Waals surface area contributed by atoms with Gasteiger partial charge in [-0.3, -0.25) is 4.79 Å². The molecule has 0 bridgehead atoms. The molecule has 0 spiro atoms. The monoisotopic (exact) mass is 356 g/mol. The van der Waals surface area contributed by atoms with Crippen molar-refractivity contribution in [3.63, 3.8) is 0 Å². The van der Waals surface area contributed by atoms with Gasteiger partial charge in [-0.15, -0.1) is 0 Å². The molecule has 0 saturated carbocycles. The van der Waals surface area contributed by atoms with E-state index in [1.54, 1.807) is 18.3 Å². The van der Waals surface area contributed by atoms with Crippen LogP contribution in [-0.4, -0.2) is 32.5 Å². The van der Waals surface area contributed by atoms with E-state index in [2.05, 4.69) is 20.3 Å². The molecule has 1 aliphatic heterocycles. The molecule has 1 amide bonds. The van der Waals surface area contributed by atoms with Gasteiger partial charge in [-0.2, -0.15) is 0 Å². The Balaban J connectivity index is 1.56.